The number of nitrogens with one attached hydrogen (secondary N) is 2. The van der Waals surface area contributed by atoms with Crippen molar-refractivity contribution in [3.05, 3.63) is 47.8 Å². The molecule has 1 spiro atoms. The summed E-state index contributed by atoms with van der Waals surface area (Å²) in [5, 5.41) is 13.3. The van der Waals surface area contributed by atoms with E-state index in [2.05, 4.69) is 22.5 Å². The molecule has 0 aromatic carbocycles. The maximum atomic E-state index is 13.3. The van der Waals surface area contributed by atoms with Crippen molar-refractivity contribution in [3.63, 3.8) is 0 Å². The van der Waals surface area contributed by atoms with E-state index in [-0.39, 0.29) is 23.8 Å². The van der Waals surface area contributed by atoms with Crippen molar-refractivity contribution in [2.75, 3.05) is 7.11 Å². The summed E-state index contributed by atoms with van der Waals surface area (Å²) in [4.78, 5) is 41.9. The Morgan fingerprint density at radius 3 is 2.55 bits per heavy atom. The van der Waals surface area contributed by atoms with Gasteiger partial charge in [-0.15, -0.1) is 0 Å². The number of aliphatic hydroxyl groups is 1. The lowest BCUT2D eigenvalue weighted by atomic mass is 9.69. The van der Waals surface area contributed by atoms with Gasteiger partial charge >= 0.3 is 18.0 Å². The van der Waals surface area contributed by atoms with Crippen molar-refractivity contribution in [2.24, 2.45) is 23.7 Å². The van der Waals surface area contributed by atoms with E-state index >= 15 is 0 Å². The van der Waals surface area contributed by atoms with Crippen LogP contribution in [0.15, 0.2) is 42.1 Å². The number of rotatable bonds is 9. The molecular formula is C33H46N2O9. The summed E-state index contributed by atoms with van der Waals surface area (Å²) >= 11 is 0. The molecule has 3 heterocycles. The molecule has 4 aliphatic rings. The van der Waals surface area contributed by atoms with Crippen molar-refractivity contribution in [2.45, 2.75) is 109 Å². The van der Waals surface area contributed by atoms with Gasteiger partial charge in [0.05, 0.1) is 11.7 Å². The zero-order valence-corrected chi connectivity index (χ0v) is 26.4. The fourth-order valence-electron chi connectivity index (χ4n) is 6.91. The van der Waals surface area contributed by atoms with Crippen molar-refractivity contribution in [3.8, 4) is 0 Å². The monoisotopic (exact) mass is 614 g/mol. The van der Waals surface area contributed by atoms with Crippen molar-refractivity contribution in [1.29, 1.82) is 0 Å². The number of amides is 1. The molecule has 5 rings (SSSR count). The lowest BCUT2D eigenvalue weighted by Gasteiger charge is -2.41. The van der Waals surface area contributed by atoms with Gasteiger partial charge in [-0.25, -0.2) is 14.4 Å². The zero-order valence-electron chi connectivity index (χ0n) is 26.4. The van der Waals surface area contributed by atoms with Crippen LogP contribution < -0.4 is 5.32 Å². The number of ether oxygens (including phenoxy) is 5. The summed E-state index contributed by atoms with van der Waals surface area (Å²) in [7, 11) is 1.47. The minimum atomic E-state index is -0.893. The number of methoxy groups -OCH3 is 1. The number of aromatic amines is 1. The predicted octanol–water partition coefficient (Wildman–Crippen LogP) is 4.08. The van der Waals surface area contributed by atoms with Crippen LogP contribution in [0.1, 0.15) is 70.8 Å². The molecule has 3 N–H and O–H groups in total. The van der Waals surface area contributed by atoms with Crippen molar-refractivity contribution in [1.82, 2.24) is 10.3 Å². The molecule has 44 heavy (non-hydrogen) atoms. The molecule has 2 aliphatic heterocycles. The van der Waals surface area contributed by atoms with E-state index < -0.39 is 66.2 Å². The van der Waals surface area contributed by atoms with E-state index in [4.69, 9.17) is 23.7 Å². The third-order valence-corrected chi connectivity index (χ3v) is 9.77. The van der Waals surface area contributed by atoms with Gasteiger partial charge in [0.1, 0.15) is 30.1 Å². The molecule has 11 atom stereocenters. The maximum Gasteiger partial charge on any atom is 0.407 e. The fraction of sp³-hybridized carbons (Fsp3) is 0.667. The lowest BCUT2D eigenvalue weighted by Crippen LogP contribution is -2.48. The second kappa shape index (κ2) is 13.1. The van der Waals surface area contributed by atoms with Crippen LogP contribution in [-0.2, 0) is 28.5 Å². The molecule has 1 saturated carbocycles. The molecule has 242 valence electrons. The average molecular weight is 615 g/mol. The second-order valence-electron chi connectivity index (χ2n) is 13.0. The van der Waals surface area contributed by atoms with Crippen LogP contribution in [-0.4, -0.2) is 83.5 Å². The van der Waals surface area contributed by atoms with Crippen LogP contribution in [0.25, 0.3) is 0 Å². The Bertz CT molecular complexity index is 1260. The summed E-state index contributed by atoms with van der Waals surface area (Å²) in [5.41, 5.74) is 0.435. The van der Waals surface area contributed by atoms with Crippen molar-refractivity contribution < 1.29 is 43.2 Å². The Kier molecular flexibility index (Phi) is 9.58. The summed E-state index contributed by atoms with van der Waals surface area (Å²) in [6, 6.07) is 3.52. The largest absolute Gasteiger partial charge is 0.457 e. The van der Waals surface area contributed by atoms with Gasteiger partial charge < -0.3 is 39.1 Å². The Morgan fingerprint density at radius 2 is 1.91 bits per heavy atom. The molecule has 1 aromatic heterocycles. The van der Waals surface area contributed by atoms with E-state index in [1.165, 1.54) is 7.11 Å². The van der Waals surface area contributed by atoms with Gasteiger partial charge in [-0.2, -0.15) is 0 Å². The van der Waals surface area contributed by atoms with Gasteiger partial charge in [-0.3, -0.25) is 0 Å². The Morgan fingerprint density at radius 1 is 1.16 bits per heavy atom. The normalized spacial score (nSPS) is 35.6. The van der Waals surface area contributed by atoms with E-state index in [1.54, 1.807) is 32.2 Å². The quantitative estimate of drug-likeness (QED) is 0.213. The highest BCUT2D eigenvalue weighted by molar-refractivity contribution is 5.87. The zero-order chi connectivity index (χ0) is 31.8. The summed E-state index contributed by atoms with van der Waals surface area (Å²) in [6.07, 6.45) is 5.67. The first kappa shape index (κ1) is 32.2. The third kappa shape index (κ3) is 6.60. The minimum absolute atomic E-state index is 0.121. The highest BCUT2D eigenvalue weighted by Crippen LogP contribution is 2.53. The molecule has 1 amide bonds. The highest BCUT2D eigenvalue weighted by atomic mass is 16.6. The molecule has 2 bridgehead atoms. The van der Waals surface area contributed by atoms with Crippen LogP contribution in [0.5, 0.6) is 0 Å². The number of cyclic esters (lactones) is 1. The van der Waals surface area contributed by atoms with Gasteiger partial charge in [0.15, 0.2) is 6.10 Å². The van der Waals surface area contributed by atoms with E-state index in [9.17, 15) is 19.5 Å². The van der Waals surface area contributed by atoms with Crippen LogP contribution in [0.4, 0.5) is 4.79 Å². The lowest BCUT2D eigenvalue weighted by molar-refractivity contribution is -0.172. The van der Waals surface area contributed by atoms with Crippen LogP contribution in [0.2, 0.25) is 0 Å². The number of hydrogen-bond donors (Lipinski definition) is 3. The third-order valence-electron chi connectivity index (χ3n) is 9.77. The van der Waals surface area contributed by atoms with Crippen molar-refractivity contribution >= 4 is 18.0 Å². The first-order chi connectivity index (χ1) is 20.9. The minimum Gasteiger partial charge on any atom is -0.457 e. The van der Waals surface area contributed by atoms with Gasteiger partial charge in [-0.1, -0.05) is 32.1 Å². The number of esters is 2. The number of H-pyrrole nitrogens is 1. The summed E-state index contributed by atoms with van der Waals surface area (Å²) < 4.78 is 30.4. The first-order valence-corrected chi connectivity index (χ1v) is 15.7. The number of alkyl carbamates (subject to hydrolysis) is 1. The Balaban J connectivity index is 1.48. The maximum absolute atomic E-state index is 13.3. The molecule has 0 radical (unpaired) electrons. The molecular weight excluding hydrogens is 568 g/mol. The van der Waals surface area contributed by atoms with E-state index in [0.29, 0.717) is 18.5 Å². The number of fused-ring (bicyclic) bond motifs is 1. The number of carbonyl (C=O) groups is 3. The fourth-order valence-corrected chi connectivity index (χ4v) is 6.91. The molecule has 1 unspecified atom stereocenters. The average Bonchev–Trinajstić information content (AvgIpc) is 3.49. The Hall–Kier alpha value is -3.15. The van der Waals surface area contributed by atoms with Gasteiger partial charge in [0, 0.05) is 43.0 Å². The van der Waals surface area contributed by atoms with Gasteiger partial charge in [-0.05, 0) is 64.2 Å². The van der Waals surface area contributed by atoms with E-state index in [1.807, 2.05) is 26.8 Å². The topological polar surface area (TPSA) is 145 Å². The number of aromatic nitrogens is 1. The number of hydrogen-bond acceptors (Lipinski definition) is 9. The SMILES string of the molecule is CO[C@H]1CC2C=C[C@@H]3C[C@]2(O[C@H]3[C@H](OC(=O)c2ccc[nH]2)[C@H](C)[C@H](C)OC(=O)NC2CC2)/C(C)=C/[C@@H](C)[C@@H]([C@@H](C)O)OC1=O. The smallest absolute Gasteiger partial charge is 0.407 e. The molecule has 11 heteroatoms. The highest BCUT2D eigenvalue weighted by Gasteiger charge is 2.58. The number of aliphatic hydroxyl groups excluding tert-OH is 1. The van der Waals surface area contributed by atoms with Crippen LogP contribution in [0.3, 0.4) is 0 Å². The molecule has 2 aliphatic carbocycles. The predicted molar refractivity (Wildman–Crippen MR) is 159 cm³/mol. The van der Waals surface area contributed by atoms with Gasteiger partial charge in [0.25, 0.3) is 0 Å². The molecule has 1 aromatic rings. The first-order valence-electron chi connectivity index (χ1n) is 15.7. The summed E-state index contributed by atoms with van der Waals surface area (Å²) in [6.45, 7) is 9.21. The molecule has 11 nitrogen and oxygen atoms in total. The van der Waals surface area contributed by atoms with Gasteiger partial charge in [0.2, 0.25) is 0 Å². The molecule has 2 fully saturated rings. The van der Waals surface area contributed by atoms with Crippen LogP contribution in [0, 0.1) is 23.7 Å². The number of carbonyl (C=O) groups excluding carboxylic acids is 3. The van der Waals surface area contributed by atoms with E-state index in [0.717, 1.165) is 18.4 Å². The Labute approximate surface area is 258 Å². The molecule has 1 saturated heterocycles. The standard InChI is InChI=1S/C33H46N2O9/c1-17-14-18(2)33-16-22(9-10-23(33)15-26(40-6)31(38)42-27(17)20(4)36)29(44-33)28(43-30(37)25-8-7-13-34-25)19(3)21(5)41-32(39)35-24-11-12-24/h7-10,13-14,17,19-24,26-29,34,36H,11-12,15-16H2,1-6H3,(H,35,39)/b18-14+/t17-,19-,20-,21+,22-,23?,26+,27+,28-,29-,33+/m1/s1. The van der Waals surface area contributed by atoms with Crippen LogP contribution >= 0.6 is 0 Å². The second-order valence-corrected chi connectivity index (χ2v) is 13.0. The summed E-state index contributed by atoms with van der Waals surface area (Å²) in [5.74, 6) is -2.14.